The zero-order valence-corrected chi connectivity index (χ0v) is 8.98. The molecule has 1 aromatic carbocycles. The lowest BCUT2D eigenvalue weighted by Crippen LogP contribution is -2.08. The van der Waals surface area contributed by atoms with Gasteiger partial charge in [-0.1, -0.05) is 6.07 Å². The van der Waals surface area contributed by atoms with Crippen LogP contribution in [0.15, 0.2) is 30.5 Å². The fourth-order valence-corrected chi connectivity index (χ4v) is 1.48. The van der Waals surface area contributed by atoms with Crippen LogP contribution in [0.3, 0.4) is 0 Å². The molecule has 2 aromatic rings. The minimum absolute atomic E-state index is 0.00400. The fourth-order valence-electron chi connectivity index (χ4n) is 1.48. The molecule has 0 amide bonds. The second kappa shape index (κ2) is 4.17. The molecule has 0 fully saturated rings. The van der Waals surface area contributed by atoms with Gasteiger partial charge in [-0.15, -0.1) is 0 Å². The van der Waals surface area contributed by atoms with E-state index in [1.165, 1.54) is 18.3 Å². The first-order valence-electron chi connectivity index (χ1n) is 4.90. The molecule has 1 heterocycles. The molecule has 0 aliphatic heterocycles. The second-order valence-corrected chi connectivity index (χ2v) is 3.56. The Morgan fingerprint density at radius 2 is 2.06 bits per heavy atom. The molecule has 4 nitrogen and oxygen atoms in total. The zero-order chi connectivity index (χ0) is 13.3. The molecule has 0 saturated heterocycles. The number of benzene rings is 1. The Labute approximate surface area is 99.8 Å². The Morgan fingerprint density at radius 1 is 1.33 bits per heavy atom. The molecule has 2 N–H and O–H groups in total. The first kappa shape index (κ1) is 12.2. The maximum Gasteiger partial charge on any atom is 0.416 e. The van der Waals surface area contributed by atoms with Crippen molar-refractivity contribution in [2.75, 3.05) is 5.73 Å². The molecule has 0 bridgehead atoms. The van der Waals surface area contributed by atoms with E-state index in [4.69, 9.17) is 5.73 Å². The summed E-state index contributed by atoms with van der Waals surface area (Å²) in [5, 5.41) is 3.77. The minimum atomic E-state index is -4.44. The summed E-state index contributed by atoms with van der Waals surface area (Å²) in [5.74, 6) is 0.00400. The van der Waals surface area contributed by atoms with Crippen molar-refractivity contribution in [2.45, 2.75) is 6.18 Å². The molecular weight excluding hydrogens is 247 g/mol. The second-order valence-electron chi connectivity index (χ2n) is 3.56. The monoisotopic (exact) mass is 255 g/mol. The molecule has 0 aliphatic rings. The van der Waals surface area contributed by atoms with E-state index in [0.29, 0.717) is 6.29 Å². The predicted octanol–water partition coefficient (Wildman–Crippen LogP) is 2.29. The van der Waals surface area contributed by atoms with Crippen molar-refractivity contribution in [2.24, 2.45) is 0 Å². The van der Waals surface area contributed by atoms with E-state index in [9.17, 15) is 18.0 Å². The smallest absolute Gasteiger partial charge is 0.383 e. The number of nitrogens with zero attached hydrogens (tertiary/aromatic N) is 2. The Bertz CT molecular complexity index is 589. The summed E-state index contributed by atoms with van der Waals surface area (Å²) in [6, 6.07) is 4.54. The highest BCUT2D eigenvalue weighted by Crippen LogP contribution is 2.30. The zero-order valence-electron chi connectivity index (χ0n) is 8.98. The molecule has 1 aromatic heterocycles. The Balaban J connectivity index is 2.51. The van der Waals surface area contributed by atoms with Crippen LogP contribution < -0.4 is 5.73 Å². The number of aromatic nitrogens is 2. The van der Waals surface area contributed by atoms with Crippen molar-refractivity contribution in [1.29, 1.82) is 0 Å². The molecule has 0 aliphatic carbocycles. The van der Waals surface area contributed by atoms with Crippen molar-refractivity contribution in [1.82, 2.24) is 9.78 Å². The Morgan fingerprint density at radius 3 is 2.61 bits per heavy atom. The highest BCUT2D eigenvalue weighted by molar-refractivity contribution is 5.81. The normalized spacial score (nSPS) is 11.5. The van der Waals surface area contributed by atoms with Gasteiger partial charge in [0.15, 0.2) is 6.29 Å². The van der Waals surface area contributed by atoms with Crippen LogP contribution in [0.5, 0.6) is 0 Å². The maximum absolute atomic E-state index is 12.5. The lowest BCUT2D eigenvalue weighted by atomic mass is 10.2. The van der Waals surface area contributed by atoms with Gasteiger partial charge in [0.2, 0.25) is 0 Å². The third-order valence-electron chi connectivity index (χ3n) is 2.38. The third-order valence-corrected chi connectivity index (χ3v) is 2.38. The van der Waals surface area contributed by atoms with Gasteiger partial charge in [0.1, 0.15) is 5.82 Å². The molecule has 94 valence electrons. The average molecular weight is 255 g/mol. The number of carbonyl (C=O) groups is 1. The summed E-state index contributed by atoms with van der Waals surface area (Å²) >= 11 is 0. The van der Waals surface area contributed by atoms with Crippen LogP contribution in [-0.4, -0.2) is 16.1 Å². The maximum atomic E-state index is 12.5. The van der Waals surface area contributed by atoms with E-state index in [1.54, 1.807) is 0 Å². The highest BCUT2D eigenvalue weighted by Gasteiger charge is 2.30. The van der Waals surface area contributed by atoms with Crippen LogP contribution >= 0.6 is 0 Å². The number of hydrogen-bond acceptors (Lipinski definition) is 3. The van der Waals surface area contributed by atoms with E-state index >= 15 is 0 Å². The predicted molar refractivity (Wildman–Crippen MR) is 58.4 cm³/mol. The van der Waals surface area contributed by atoms with Crippen molar-refractivity contribution < 1.29 is 18.0 Å². The van der Waals surface area contributed by atoms with E-state index < -0.39 is 11.7 Å². The molecule has 0 radical (unpaired) electrons. The van der Waals surface area contributed by atoms with Crippen molar-refractivity contribution in [3.8, 4) is 5.69 Å². The van der Waals surface area contributed by atoms with Gasteiger partial charge < -0.3 is 5.73 Å². The SMILES string of the molecule is Nc1c(C=O)cnn1-c1cccc(C(F)(F)F)c1. The van der Waals surface area contributed by atoms with E-state index in [1.807, 2.05) is 0 Å². The van der Waals surface area contributed by atoms with Crippen molar-refractivity contribution in [3.63, 3.8) is 0 Å². The molecule has 18 heavy (non-hydrogen) atoms. The summed E-state index contributed by atoms with van der Waals surface area (Å²) in [7, 11) is 0. The summed E-state index contributed by atoms with van der Waals surface area (Å²) in [4.78, 5) is 10.6. The van der Waals surface area contributed by atoms with E-state index in [0.717, 1.165) is 16.8 Å². The number of aldehydes is 1. The largest absolute Gasteiger partial charge is 0.416 e. The Kier molecular flexibility index (Phi) is 2.82. The quantitative estimate of drug-likeness (QED) is 0.837. The van der Waals surface area contributed by atoms with Gasteiger partial charge in [-0.2, -0.15) is 18.3 Å². The molecule has 0 unspecified atom stereocenters. The summed E-state index contributed by atoms with van der Waals surface area (Å²) in [6.45, 7) is 0. The van der Waals surface area contributed by atoms with E-state index in [2.05, 4.69) is 5.10 Å². The van der Waals surface area contributed by atoms with Crippen molar-refractivity contribution in [3.05, 3.63) is 41.6 Å². The molecule has 0 atom stereocenters. The lowest BCUT2D eigenvalue weighted by molar-refractivity contribution is -0.137. The summed E-state index contributed by atoms with van der Waals surface area (Å²) < 4.78 is 38.7. The van der Waals surface area contributed by atoms with Crippen LogP contribution in [-0.2, 0) is 6.18 Å². The lowest BCUT2D eigenvalue weighted by Gasteiger charge is -2.09. The Hall–Kier alpha value is -2.31. The molecule has 2 rings (SSSR count). The highest BCUT2D eigenvalue weighted by atomic mass is 19.4. The van der Waals surface area contributed by atoms with Gasteiger partial charge in [0, 0.05) is 0 Å². The number of rotatable bonds is 2. The number of hydrogen-bond donors (Lipinski definition) is 1. The van der Waals surface area contributed by atoms with E-state index in [-0.39, 0.29) is 17.1 Å². The molecular formula is C11H8F3N3O. The number of alkyl halides is 3. The van der Waals surface area contributed by atoms with Crippen LogP contribution in [0.2, 0.25) is 0 Å². The number of anilines is 1. The van der Waals surface area contributed by atoms with Crippen LogP contribution in [0.4, 0.5) is 19.0 Å². The minimum Gasteiger partial charge on any atom is -0.383 e. The standard InChI is InChI=1S/C11H8F3N3O/c12-11(13,14)8-2-1-3-9(4-8)17-10(15)7(6-18)5-16-17/h1-6H,15H2. The number of nitrogens with two attached hydrogens (primary N) is 1. The topological polar surface area (TPSA) is 60.9 Å². The van der Waals surface area contributed by atoms with Crippen LogP contribution in [0.25, 0.3) is 5.69 Å². The molecule has 0 saturated carbocycles. The molecule has 0 spiro atoms. The van der Waals surface area contributed by atoms with Crippen LogP contribution in [0, 0.1) is 0 Å². The van der Waals surface area contributed by atoms with Crippen LogP contribution in [0.1, 0.15) is 15.9 Å². The third kappa shape index (κ3) is 2.06. The summed E-state index contributed by atoms with van der Waals surface area (Å²) in [5.41, 5.74) is 5.07. The van der Waals surface area contributed by atoms with Gasteiger partial charge in [-0.05, 0) is 18.2 Å². The number of halogens is 3. The first-order valence-corrected chi connectivity index (χ1v) is 4.90. The fraction of sp³-hybridized carbons (Fsp3) is 0.0909. The van der Waals surface area contributed by atoms with Gasteiger partial charge >= 0.3 is 6.18 Å². The first-order chi connectivity index (χ1) is 8.43. The van der Waals surface area contributed by atoms with Gasteiger partial charge in [0.25, 0.3) is 0 Å². The van der Waals surface area contributed by atoms with Gasteiger partial charge in [-0.3, -0.25) is 4.79 Å². The average Bonchev–Trinajstić information content (AvgIpc) is 2.69. The number of nitrogen functional groups attached to an aromatic ring is 1. The van der Waals surface area contributed by atoms with Gasteiger partial charge in [-0.25, -0.2) is 4.68 Å². The molecule has 7 heteroatoms. The number of carbonyl (C=O) groups excluding carboxylic acids is 1. The summed E-state index contributed by atoms with van der Waals surface area (Å²) in [6.07, 6.45) is -2.75. The van der Waals surface area contributed by atoms with Crippen molar-refractivity contribution >= 4 is 12.1 Å². The van der Waals surface area contributed by atoms with Gasteiger partial charge in [0.05, 0.1) is 23.0 Å².